The monoisotopic (exact) mass is 441 g/mol. The molecule has 3 aromatic rings. The van der Waals surface area contributed by atoms with Crippen molar-refractivity contribution in [2.75, 3.05) is 13.1 Å². The predicted molar refractivity (Wildman–Crippen MR) is 128 cm³/mol. The second-order valence-electron chi connectivity index (χ2n) is 8.01. The maximum atomic E-state index is 12.5. The smallest absolute Gasteiger partial charge is 0.253 e. The molecule has 1 saturated heterocycles. The molecule has 3 aromatic carbocycles. The van der Waals surface area contributed by atoms with Gasteiger partial charge in [0.25, 0.3) is 5.91 Å². The van der Waals surface area contributed by atoms with E-state index in [1.54, 1.807) is 6.21 Å². The van der Waals surface area contributed by atoms with Gasteiger partial charge in [-0.15, -0.1) is 0 Å². The number of likely N-dealkylation sites (tertiary alicyclic amines) is 1. The number of piperidine rings is 1. The normalized spacial score (nSPS) is 14.2. The topological polar surface area (TPSA) is 71.0 Å². The van der Waals surface area contributed by atoms with Gasteiger partial charge in [0.2, 0.25) is 5.91 Å². The Labute approximate surface area is 193 Å². The molecule has 1 fully saturated rings. The van der Waals surface area contributed by atoms with Crippen molar-refractivity contribution >= 4 is 18.0 Å². The first-order chi connectivity index (χ1) is 16.2. The molecule has 6 nitrogen and oxygen atoms in total. The Hall–Kier alpha value is -3.93. The lowest BCUT2D eigenvalue weighted by atomic mass is 9.95. The summed E-state index contributed by atoms with van der Waals surface area (Å²) in [6, 6.07) is 26.8. The Bertz CT molecular complexity index is 1070. The first-order valence-corrected chi connectivity index (χ1v) is 11.1. The van der Waals surface area contributed by atoms with Crippen molar-refractivity contribution in [3.63, 3.8) is 0 Å². The average molecular weight is 442 g/mol. The molecule has 33 heavy (non-hydrogen) atoms. The summed E-state index contributed by atoms with van der Waals surface area (Å²) in [5.74, 6) is 0.539. The largest absolute Gasteiger partial charge is 0.489 e. The standard InChI is InChI=1S/C27H27N3O3/c31-26(23-15-17-30(18-16-23)27(32)24-9-5-2-6-10-24)29-28-19-21-11-13-25(14-12-21)33-20-22-7-3-1-4-8-22/h1-14,19,23H,15-18,20H2,(H,29,31)/b28-19-. The van der Waals surface area contributed by atoms with Crippen molar-refractivity contribution in [1.29, 1.82) is 0 Å². The lowest BCUT2D eigenvalue weighted by Gasteiger charge is -2.31. The number of amides is 2. The van der Waals surface area contributed by atoms with E-state index in [0.29, 0.717) is 38.1 Å². The number of carbonyl (C=O) groups is 2. The molecule has 0 aliphatic carbocycles. The van der Waals surface area contributed by atoms with Gasteiger partial charge in [-0.3, -0.25) is 9.59 Å². The molecule has 4 rings (SSSR count). The van der Waals surface area contributed by atoms with Crippen LogP contribution < -0.4 is 10.2 Å². The van der Waals surface area contributed by atoms with Gasteiger partial charge in [-0.05, 0) is 60.4 Å². The van der Waals surface area contributed by atoms with Crippen LogP contribution in [0.2, 0.25) is 0 Å². The molecule has 6 heteroatoms. The van der Waals surface area contributed by atoms with E-state index in [1.807, 2.05) is 89.8 Å². The Morgan fingerprint density at radius 1 is 0.909 bits per heavy atom. The molecule has 0 saturated carbocycles. The summed E-state index contributed by atoms with van der Waals surface area (Å²) >= 11 is 0. The van der Waals surface area contributed by atoms with Gasteiger partial charge in [-0.1, -0.05) is 48.5 Å². The quantitative estimate of drug-likeness (QED) is 0.440. The minimum atomic E-state index is -0.143. The van der Waals surface area contributed by atoms with Crippen LogP contribution in [0.4, 0.5) is 0 Å². The zero-order chi connectivity index (χ0) is 22.9. The maximum Gasteiger partial charge on any atom is 0.253 e. The maximum absolute atomic E-state index is 12.5. The van der Waals surface area contributed by atoms with Gasteiger partial charge in [-0.2, -0.15) is 5.10 Å². The summed E-state index contributed by atoms with van der Waals surface area (Å²) in [6.45, 7) is 1.65. The highest BCUT2D eigenvalue weighted by Crippen LogP contribution is 2.19. The number of benzene rings is 3. The molecule has 168 valence electrons. The Balaban J connectivity index is 1.20. The Kier molecular flexibility index (Phi) is 7.48. The molecule has 1 heterocycles. The third-order valence-corrected chi connectivity index (χ3v) is 5.69. The highest BCUT2D eigenvalue weighted by molar-refractivity contribution is 5.94. The second kappa shape index (κ2) is 11.1. The number of nitrogens with one attached hydrogen (secondary N) is 1. The van der Waals surface area contributed by atoms with E-state index in [2.05, 4.69) is 10.5 Å². The van der Waals surface area contributed by atoms with Crippen LogP contribution in [0.25, 0.3) is 0 Å². The summed E-state index contributed by atoms with van der Waals surface area (Å²) < 4.78 is 5.78. The lowest BCUT2D eigenvalue weighted by Crippen LogP contribution is -2.42. The van der Waals surface area contributed by atoms with Gasteiger partial charge >= 0.3 is 0 Å². The molecule has 0 radical (unpaired) electrons. The molecule has 1 N–H and O–H groups in total. The van der Waals surface area contributed by atoms with Crippen LogP contribution in [0.5, 0.6) is 5.75 Å². The Morgan fingerprint density at radius 3 is 2.21 bits per heavy atom. The van der Waals surface area contributed by atoms with Gasteiger partial charge in [0.1, 0.15) is 12.4 Å². The number of nitrogens with zero attached hydrogens (tertiary/aromatic N) is 2. The molecular weight excluding hydrogens is 414 g/mol. The van der Waals surface area contributed by atoms with Crippen LogP contribution in [-0.4, -0.2) is 36.0 Å². The average Bonchev–Trinajstić information content (AvgIpc) is 2.89. The Morgan fingerprint density at radius 2 is 1.55 bits per heavy atom. The van der Waals surface area contributed by atoms with Crippen molar-refractivity contribution in [2.45, 2.75) is 19.4 Å². The van der Waals surface area contributed by atoms with Crippen LogP contribution in [0.1, 0.15) is 34.3 Å². The molecule has 1 aliphatic heterocycles. The second-order valence-corrected chi connectivity index (χ2v) is 8.01. The van der Waals surface area contributed by atoms with E-state index in [-0.39, 0.29) is 17.7 Å². The third kappa shape index (κ3) is 6.29. The molecule has 1 aliphatic rings. The first kappa shape index (κ1) is 22.3. The number of hydrazone groups is 1. The molecule has 0 bridgehead atoms. The minimum absolute atomic E-state index is 0.0173. The zero-order valence-electron chi connectivity index (χ0n) is 18.4. The van der Waals surface area contributed by atoms with Gasteiger partial charge < -0.3 is 9.64 Å². The fourth-order valence-corrected chi connectivity index (χ4v) is 3.76. The lowest BCUT2D eigenvalue weighted by molar-refractivity contribution is -0.126. The van der Waals surface area contributed by atoms with E-state index in [0.717, 1.165) is 16.9 Å². The van der Waals surface area contributed by atoms with Crippen LogP contribution >= 0.6 is 0 Å². The van der Waals surface area contributed by atoms with Crippen LogP contribution in [0.15, 0.2) is 90.0 Å². The van der Waals surface area contributed by atoms with E-state index in [4.69, 9.17) is 4.74 Å². The van der Waals surface area contributed by atoms with Crippen LogP contribution in [0.3, 0.4) is 0 Å². The summed E-state index contributed by atoms with van der Waals surface area (Å²) in [4.78, 5) is 26.8. The fourth-order valence-electron chi connectivity index (χ4n) is 3.76. The summed E-state index contributed by atoms with van der Waals surface area (Å²) in [6.07, 6.45) is 2.88. The summed E-state index contributed by atoms with van der Waals surface area (Å²) in [5, 5.41) is 4.10. The van der Waals surface area contributed by atoms with Crippen LogP contribution in [0, 0.1) is 5.92 Å². The highest BCUT2D eigenvalue weighted by atomic mass is 16.5. The van der Waals surface area contributed by atoms with E-state index < -0.39 is 0 Å². The molecule has 0 atom stereocenters. The summed E-state index contributed by atoms with van der Waals surface area (Å²) in [5.41, 5.74) is 5.29. The summed E-state index contributed by atoms with van der Waals surface area (Å²) in [7, 11) is 0. The molecule has 0 spiro atoms. The fraction of sp³-hybridized carbons (Fsp3) is 0.222. The first-order valence-electron chi connectivity index (χ1n) is 11.1. The number of carbonyl (C=O) groups excluding carboxylic acids is 2. The molecule has 0 unspecified atom stereocenters. The van der Waals surface area contributed by atoms with Crippen LogP contribution in [-0.2, 0) is 11.4 Å². The molecule has 0 aromatic heterocycles. The van der Waals surface area contributed by atoms with Crippen molar-refractivity contribution < 1.29 is 14.3 Å². The number of rotatable bonds is 7. The van der Waals surface area contributed by atoms with Crippen molar-refractivity contribution in [2.24, 2.45) is 11.0 Å². The number of ether oxygens (including phenoxy) is 1. The van der Waals surface area contributed by atoms with Crippen molar-refractivity contribution in [3.05, 3.63) is 102 Å². The van der Waals surface area contributed by atoms with E-state index in [1.165, 1.54) is 0 Å². The highest BCUT2D eigenvalue weighted by Gasteiger charge is 2.27. The van der Waals surface area contributed by atoms with Gasteiger partial charge in [-0.25, -0.2) is 5.43 Å². The minimum Gasteiger partial charge on any atom is -0.489 e. The number of hydrogen-bond donors (Lipinski definition) is 1. The number of hydrogen-bond acceptors (Lipinski definition) is 4. The van der Waals surface area contributed by atoms with Gasteiger partial charge in [0.15, 0.2) is 0 Å². The van der Waals surface area contributed by atoms with Crippen molar-refractivity contribution in [3.8, 4) is 5.75 Å². The van der Waals surface area contributed by atoms with Gasteiger partial charge in [0, 0.05) is 24.6 Å². The van der Waals surface area contributed by atoms with E-state index in [9.17, 15) is 9.59 Å². The molecular formula is C27H27N3O3. The van der Waals surface area contributed by atoms with E-state index >= 15 is 0 Å². The van der Waals surface area contributed by atoms with Gasteiger partial charge in [0.05, 0.1) is 6.21 Å². The third-order valence-electron chi connectivity index (χ3n) is 5.69. The zero-order valence-corrected chi connectivity index (χ0v) is 18.4. The predicted octanol–water partition coefficient (Wildman–Crippen LogP) is 4.27. The van der Waals surface area contributed by atoms with Crippen molar-refractivity contribution in [1.82, 2.24) is 10.3 Å². The molecule has 2 amide bonds. The SMILES string of the molecule is O=C(N/N=C\c1ccc(OCc2ccccc2)cc1)C1CCN(C(=O)c2ccccc2)CC1.